The molecule has 2 heteroatoms. The van der Waals surface area contributed by atoms with Crippen molar-refractivity contribution in [3.8, 4) is 66.9 Å². The van der Waals surface area contributed by atoms with E-state index in [2.05, 4.69) is 199 Å². The smallest absolute Gasteiger partial charge is 0.0725 e. The van der Waals surface area contributed by atoms with Crippen LogP contribution in [-0.2, 0) is 5.41 Å². The molecule has 0 radical (unpaired) electrons. The van der Waals surface area contributed by atoms with Crippen LogP contribution < -0.4 is 0 Å². The molecule has 0 aliphatic heterocycles. The van der Waals surface area contributed by atoms with Crippen molar-refractivity contribution in [2.24, 2.45) is 0 Å². The third-order valence-electron chi connectivity index (χ3n) is 12.4. The van der Waals surface area contributed by atoms with Crippen LogP contribution in [0, 0.1) is 0 Å². The van der Waals surface area contributed by atoms with E-state index in [0.29, 0.717) is 0 Å². The second kappa shape index (κ2) is 12.3. The SMILES string of the molecule is c1ccc(-c2ccc3c(-c4ccc(-c5ccc6c(c5)C5(c7ccccc7-c7ccccc75)c5ccccc5-6)nc4)c4ccccc4c(-c4ccncc4)c3c2)cc1. The lowest BCUT2D eigenvalue weighted by atomic mass is 9.70. The van der Waals surface area contributed by atoms with E-state index < -0.39 is 0 Å². The standard InChI is InChI=1S/C55H34N2/c1-2-12-35(13-3-1)37-22-26-46-47(32-37)53(36-28-30-56-31-29-36)44-17-4-5-18-45(44)54(46)39-24-27-52(57-34-39)38-23-25-43-42-16-8-11-21-50(42)55(51(43)33-38)48-19-9-6-14-40(48)41-15-7-10-20-49(41)55/h1-34H. The lowest BCUT2D eigenvalue weighted by molar-refractivity contribution is 0.794. The van der Waals surface area contributed by atoms with Gasteiger partial charge in [-0.25, -0.2) is 0 Å². The van der Waals surface area contributed by atoms with E-state index in [9.17, 15) is 0 Å². The molecule has 0 amide bonds. The molecule has 0 N–H and O–H groups in total. The van der Waals surface area contributed by atoms with Crippen LogP contribution in [0.5, 0.6) is 0 Å². The van der Waals surface area contributed by atoms with E-state index in [1.165, 1.54) is 88.3 Å². The second-order valence-corrected chi connectivity index (χ2v) is 15.2. The summed E-state index contributed by atoms with van der Waals surface area (Å²) in [4.78, 5) is 9.61. The highest BCUT2D eigenvalue weighted by molar-refractivity contribution is 6.22. The van der Waals surface area contributed by atoms with Gasteiger partial charge in [0.1, 0.15) is 0 Å². The van der Waals surface area contributed by atoms with Crippen LogP contribution in [0.25, 0.3) is 88.4 Å². The average molecular weight is 723 g/mol. The van der Waals surface area contributed by atoms with Crippen LogP contribution >= 0.6 is 0 Å². The van der Waals surface area contributed by atoms with Gasteiger partial charge in [-0.3, -0.25) is 9.97 Å². The molecular formula is C55H34N2. The van der Waals surface area contributed by atoms with Crippen LogP contribution in [0.2, 0.25) is 0 Å². The summed E-state index contributed by atoms with van der Waals surface area (Å²) in [6, 6.07) is 69.0. The molecule has 10 aromatic rings. The van der Waals surface area contributed by atoms with Gasteiger partial charge < -0.3 is 0 Å². The minimum atomic E-state index is -0.387. The number of benzene rings is 8. The Morgan fingerprint density at radius 3 is 1.47 bits per heavy atom. The van der Waals surface area contributed by atoms with Gasteiger partial charge in [0.05, 0.1) is 11.1 Å². The molecular weight excluding hydrogens is 689 g/mol. The fraction of sp³-hybridized carbons (Fsp3) is 0.0182. The number of hydrogen-bond donors (Lipinski definition) is 0. The first-order valence-corrected chi connectivity index (χ1v) is 19.6. The third-order valence-corrected chi connectivity index (χ3v) is 12.4. The lowest BCUT2D eigenvalue weighted by Gasteiger charge is -2.30. The third kappa shape index (κ3) is 4.53. The van der Waals surface area contributed by atoms with Crippen molar-refractivity contribution >= 4 is 21.5 Å². The maximum Gasteiger partial charge on any atom is 0.0725 e. The van der Waals surface area contributed by atoms with Gasteiger partial charge in [-0.15, -0.1) is 0 Å². The molecule has 264 valence electrons. The molecule has 57 heavy (non-hydrogen) atoms. The Bertz CT molecular complexity index is 3150. The van der Waals surface area contributed by atoms with Gasteiger partial charge in [0.15, 0.2) is 0 Å². The van der Waals surface area contributed by atoms with Crippen LogP contribution in [-0.4, -0.2) is 9.97 Å². The molecule has 0 atom stereocenters. The predicted molar refractivity (Wildman–Crippen MR) is 235 cm³/mol. The van der Waals surface area contributed by atoms with E-state index >= 15 is 0 Å². The molecule has 2 nitrogen and oxygen atoms in total. The van der Waals surface area contributed by atoms with Crippen molar-refractivity contribution in [1.29, 1.82) is 0 Å². The van der Waals surface area contributed by atoms with Gasteiger partial charge in [0, 0.05) is 29.7 Å². The van der Waals surface area contributed by atoms with Gasteiger partial charge in [-0.2, -0.15) is 0 Å². The summed E-state index contributed by atoms with van der Waals surface area (Å²) in [6.07, 6.45) is 5.85. The van der Waals surface area contributed by atoms with Crippen molar-refractivity contribution in [3.05, 3.63) is 229 Å². The number of hydrogen-bond acceptors (Lipinski definition) is 2. The zero-order valence-corrected chi connectivity index (χ0v) is 31.0. The number of aromatic nitrogens is 2. The minimum absolute atomic E-state index is 0.387. The highest BCUT2D eigenvalue weighted by atomic mass is 14.7. The Kier molecular flexibility index (Phi) is 6.88. The van der Waals surface area contributed by atoms with E-state index in [4.69, 9.17) is 4.98 Å². The number of fused-ring (bicyclic) bond motifs is 12. The second-order valence-electron chi connectivity index (χ2n) is 15.2. The van der Waals surface area contributed by atoms with Gasteiger partial charge >= 0.3 is 0 Å². The summed E-state index contributed by atoms with van der Waals surface area (Å²) in [7, 11) is 0. The lowest BCUT2D eigenvalue weighted by Crippen LogP contribution is -2.25. The van der Waals surface area contributed by atoms with Crippen LogP contribution in [0.4, 0.5) is 0 Å². The summed E-state index contributed by atoms with van der Waals surface area (Å²) < 4.78 is 0. The Labute approximate surface area is 331 Å². The van der Waals surface area contributed by atoms with Gasteiger partial charge in [-0.1, -0.05) is 158 Å². The molecule has 0 saturated carbocycles. The Balaban J connectivity index is 1.04. The van der Waals surface area contributed by atoms with Crippen molar-refractivity contribution in [2.45, 2.75) is 5.41 Å². The maximum atomic E-state index is 5.25. The Morgan fingerprint density at radius 1 is 0.316 bits per heavy atom. The molecule has 2 aliphatic rings. The normalized spacial score (nSPS) is 13.1. The summed E-state index contributed by atoms with van der Waals surface area (Å²) >= 11 is 0. The molecule has 2 aliphatic carbocycles. The first-order valence-electron chi connectivity index (χ1n) is 19.6. The highest BCUT2D eigenvalue weighted by Gasteiger charge is 2.51. The van der Waals surface area contributed by atoms with Crippen molar-refractivity contribution < 1.29 is 0 Å². The summed E-state index contributed by atoms with van der Waals surface area (Å²) in [5.41, 5.74) is 19.3. The zero-order chi connectivity index (χ0) is 37.5. The molecule has 2 heterocycles. The molecule has 2 aromatic heterocycles. The predicted octanol–water partition coefficient (Wildman–Crippen LogP) is 13.8. The molecule has 12 rings (SSSR count). The quantitative estimate of drug-likeness (QED) is 0.169. The largest absolute Gasteiger partial charge is 0.265 e. The summed E-state index contributed by atoms with van der Waals surface area (Å²) in [5, 5.41) is 4.82. The summed E-state index contributed by atoms with van der Waals surface area (Å²) in [6.45, 7) is 0. The molecule has 0 unspecified atom stereocenters. The average Bonchev–Trinajstić information content (AvgIpc) is 3.76. The van der Waals surface area contributed by atoms with Gasteiger partial charge in [0.25, 0.3) is 0 Å². The first-order chi connectivity index (χ1) is 28.3. The molecule has 0 bridgehead atoms. The molecule has 8 aromatic carbocycles. The van der Waals surface area contributed by atoms with Crippen LogP contribution in [0.3, 0.4) is 0 Å². The number of rotatable bonds is 4. The van der Waals surface area contributed by atoms with E-state index in [0.717, 1.165) is 22.4 Å². The van der Waals surface area contributed by atoms with Crippen molar-refractivity contribution in [3.63, 3.8) is 0 Å². The zero-order valence-electron chi connectivity index (χ0n) is 31.0. The van der Waals surface area contributed by atoms with E-state index in [1.807, 2.05) is 12.4 Å². The van der Waals surface area contributed by atoms with Gasteiger partial charge in [0.2, 0.25) is 0 Å². The number of pyridine rings is 2. The monoisotopic (exact) mass is 722 g/mol. The van der Waals surface area contributed by atoms with Crippen LogP contribution in [0.15, 0.2) is 207 Å². The van der Waals surface area contributed by atoms with E-state index in [1.54, 1.807) is 0 Å². The van der Waals surface area contributed by atoms with E-state index in [-0.39, 0.29) is 5.41 Å². The first kappa shape index (κ1) is 31.9. The highest BCUT2D eigenvalue weighted by Crippen LogP contribution is 2.63. The number of nitrogens with zero attached hydrogens (tertiary/aromatic N) is 2. The van der Waals surface area contributed by atoms with Crippen molar-refractivity contribution in [1.82, 2.24) is 9.97 Å². The fourth-order valence-corrected chi connectivity index (χ4v) is 10.1. The molecule has 0 fully saturated rings. The minimum Gasteiger partial charge on any atom is -0.265 e. The molecule has 1 spiro atoms. The fourth-order valence-electron chi connectivity index (χ4n) is 10.1. The Hall–Kier alpha value is -7.42. The van der Waals surface area contributed by atoms with Crippen molar-refractivity contribution in [2.75, 3.05) is 0 Å². The van der Waals surface area contributed by atoms with Gasteiger partial charge in [-0.05, 0) is 124 Å². The van der Waals surface area contributed by atoms with Crippen LogP contribution in [0.1, 0.15) is 22.3 Å². The molecule has 0 saturated heterocycles. The topological polar surface area (TPSA) is 25.8 Å². The maximum absolute atomic E-state index is 5.25. The summed E-state index contributed by atoms with van der Waals surface area (Å²) in [5.74, 6) is 0. The Morgan fingerprint density at radius 2 is 0.842 bits per heavy atom.